The van der Waals surface area contributed by atoms with E-state index in [0.717, 1.165) is 3.79 Å². The van der Waals surface area contributed by atoms with Crippen LogP contribution in [0.15, 0.2) is 9.98 Å². The van der Waals surface area contributed by atoms with E-state index in [2.05, 4.69) is 25.7 Å². The number of hydrogen-bond acceptors (Lipinski definition) is 6. The highest BCUT2D eigenvalue weighted by Gasteiger charge is 2.40. The van der Waals surface area contributed by atoms with E-state index in [1.165, 1.54) is 18.4 Å². The van der Waals surface area contributed by atoms with Crippen molar-refractivity contribution in [1.29, 1.82) is 0 Å². The molecule has 1 N–H and O–H groups in total. The second kappa shape index (κ2) is 5.01. The SMILES string of the molecule is COC(=O)C1CCC(O)(c2ncc(Br)s2)CO1. The minimum atomic E-state index is -1.10. The van der Waals surface area contributed by atoms with Gasteiger partial charge in [0.05, 0.1) is 23.7 Å². The van der Waals surface area contributed by atoms with Crippen LogP contribution >= 0.6 is 27.3 Å². The Bertz CT molecular complexity index is 414. The van der Waals surface area contributed by atoms with Crippen molar-refractivity contribution in [3.8, 4) is 0 Å². The summed E-state index contributed by atoms with van der Waals surface area (Å²) in [5.41, 5.74) is -1.10. The Morgan fingerprint density at radius 3 is 3.06 bits per heavy atom. The molecule has 5 nitrogen and oxygen atoms in total. The molecule has 1 aromatic rings. The zero-order valence-electron chi connectivity index (χ0n) is 9.18. The lowest BCUT2D eigenvalue weighted by molar-refractivity contribution is -0.172. The van der Waals surface area contributed by atoms with Crippen molar-refractivity contribution in [3.05, 3.63) is 15.0 Å². The fraction of sp³-hybridized carbons (Fsp3) is 0.600. The molecule has 2 unspecified atom stereocenters. The molecular formula is C10H12BrNO4S. The quantitative estimate of drug-likeness (QED) is 0.835. The Kier molecular flexibility index (Phi) is 3.82. The zero-order chi connectivity index (χ0) is 12.5. The molecule has 17 heavy (non-hydrogen) atoms. The minimum Gasteiger partial charge on any atom is -0.467 e. The van der Waals surface area contributed by atoms with Crippen LogP contribution in [0.4, 0.5) is 0 Å². The van der Waals surface area contributed by atoms with Gasteiger partial charge in [0, 0.05) is 0 Å². The second-order valence-electron chi connectivity index (χ2n) is 3.86. The lowest BCUT2D eigenvalue weighted by Crippen LogP contribution is -2.42. The van der Waals surface area contributed by atoms with Crippen molar-refractivity contribution in [2.24, 2.45) is 0 Å². The van der Waals surface area contributed by atoms with Crippen LogP contribution in [0, 0.1) is 0 Å². The van der Waals surface area contributed by atoms with E-state index in [1.54, 1.807) is 6.20 Å². The first-order chi connectivity index (χ1) is 8.05. The summed E-state index contributed by atoms with van der Waals surface area (Å²) in [6.07, 6.45) is 1.93. The van der Waals surface area contributed by atoms with Crippen molar-refractivity contribution < 1.29 is 19.4 Å². The van der Waals surface area contributed by atoms with Gasteiger partial charge in [0.15, 0.2) is 6.10 Å². The van der Waals surface area contributed by atoms with Crippen molar-refractivity contribution in [2.45, 2.75) is 24.5 Å². The maximum atomic E-state index is 11.3. The van der Waals surface area contributed by atoms with Gasteiger partial charge in [-0.2, -0.15) is 0 Å². The van der Waals surface area contributed by atoms with Crippen LogP contribution in [0.3, 0.4) is 0 Å². The molecule has 0 aromatic carbocycles. The van der Waals surface area contributed by atoms with E-state index in [9.17, 15) is 9.90 Å². The average molecular weight is 322 g/mol. The first-order valence-electron chi connectivity index (χ1n) is 5.09. The smallest absolute Gasteiger partial charge is 0.334 e. The number of thiazole rings is 1. The number of nitrogens with zero attached hydrogens (tertiary/aromatic N) is 1. The molecule has 0 amide bonds. The summed E-state index contributed by atoms with van der Waals surface area (Å²) in [5, 5.41) is 11.0. The normalized spacial score (nSPS) is 29.0. The lowest BCUT2D eigenvalue weighted by Gasteiger charge is -2.33. The zero-order valence-corrected chi connectivity index (χ0v) is 11.6. The topological polar surface area (TPSA) is 68.7 Å². The van der Waals surface area contributed by atoms with Crippen molar-refractivity contribution in [2.75, 3.05) is 13.7 Å². The third-order valence-corrected chi connectivity index (χ3v) is 4.35. The van der Waals surface area contributed by atoms with Crippen LogP contribution in [-0.2, 0) is 19.9 Å². The highest BCUT2D eigenvalue weighted by atomic mass is 79.9. The number of methoxy groups -OCH3 is 1. The molecule has 0 radical (unpaired) electrons. The Balaban J connectivity index is 2.05. The summed E-state index contributed by atoms with van der Waals surface area (Å²) in [5.74, 6) is -0.396. The van der Waals surface area contributed by atoms with Gasteiger partial charge in [-0.3, -0.25) is 0 Å². The van der Waals surface area contributed by atoms with Crippen LogP contribution in [0.25, 0.3) is 0 Å². The van der Waals surface area contributed by atoms with Crippen LogP contribution in [0.2, 0.25) is 0 Å². The van der Waals surface area contributed by atoms with Gasteiger partial charge in [0.2, 0.25) is 0 Å². The summed E-state index contributed by atoms with van der Waals surface area (Å²) in [6, 6.07) is 0. The van der Waals surface area contributed by atoms with Crippen molar-refractivity contribution in [1.82, 2.24) is 4.98 Å². The fourth-order valence-electron chi connectivity index (χ4n) is 1.72. The van der Waals surface area contributed by atoms with Crippen LogP contribution < -0.4 is 0 Å². The second-order valence-corrected chi connectivity index (χ2v) is 6.27. The molecule has 0 spiro atoms. The van der Waals surface area contributed by atoms with Gasteiger partial charge in [-0.15, -0.1) is 11.3 Å². The number of carbonyl (C=O) groups excluding carboxylic acids is 1. The third-order valence-electron chi connectivity index (χ3n) is 2.68. The maximum Gasteiger partial charge on any atom is 0.334 e. The van der Waals surface area contributed by atoms with Gasteiger partial charge in [-0.1, -0.05) is 0 Å². The molecule has 1 fully saturated rings. The number of halogens is 1. The molecule has 2 atom stereocenters. The Morgan fingerprint density at radius 2 is 2.59 bits per heavy atom. The number of rotatable bonds is 2. The first-order valence-corrected chi connectivity index (χ1v) is 6.70. The monoisotopic (exact) mass is 321 g/mol. The first kappa shape index (κ1) is 12.9. The summed E-state index contributed by atoms with van der Waals surface area (Å²) in [6.45, 7) is 0.0622. The van der Waals surface area contributed by atoms with E-state index < -0.39 is 17.7 Å². The largest absolute Gasteiger partial charge is 0.467 e. The lowest BCUT2D eigenvalue weighted by atomic mass is 9.94. The Labute approximate surface area is 111 Å². The van der Waals surface area contributed by atoms with Gasteiger partial charge in [0.1, 0.15) is 10.6 Å². The molecule has 2 rings (SSSR count). The van der Waals surface area contributed by atoms with Gasteiger partial charge < -0.3 is 14.6 Å². The molecule has 0 bridgehead atoms. The number of esters is 1. The van der Waals surface area contributed by atoms with Gasteiger partial charge in [0.25, 0.3) is 0 Å². The van der Waals surface area contributed by atoms with E-state index in [0.29, 0.717) is 17.8 Å². The molecule has 2 heterocycles. The maximum absolute atomic E-state index is 11.3. The highest BCUT2D eigenvalue weighted by molar-refractivity contribution is 9.11. The molecule has 1 saturated heterocycles. The molecular weight excluding hydrogens is 310 g/mol. The van der Waals surface area contributed by atoms with E-state index in [-0.39, 0.29) is 6.61 Å². The van der Waals surface area contributed by atoms with Gasteiger partial charge in [-0.25, -0.2) is 9.78 Å². The predicted octanol–water partition coefficient (Wildman–Crippen LogP) is 1.45. The Morgan fingerprint density at radius 1 is 1.82 bits per heavy atom. The highest BCUT2D eigenvalue weighted by Crippen LogP contribution is 2.36. The van der Waals surface area contributed by atoms with E-state index >= 15 is 0 Å². The van der Waals surface area contributed by atoms with E-state index in [4.69, 9.17) is 4.74 Å². The fourth-order valence-corrected chi connectivity index (χ4v) is 3.03. The third kappa shape index (κ3) is 2.67. The number of carbonyl (C=O) groups is 1. The standard InChI is InChI=1S/C10H12BrNO4S/c1-15-8(13)6-2-3-10(14,5-16-6)9-12-4-7(11)17-9/h4,6,14H,2-3,5H2,1H3. The Hall–Kier alpha value is -0.500. The molecule has 7 heteroatoms. The molecule has 0 aliphatic carbocycles. The molecule has 1 aliphatic heterocycles. The van der Waals surface area contributed by atoms with Crippen LogP contribution in [0.1, 0.15) is 17.8 Å². The summed E-state index contributed by atoms with van der Waals surface area (Å²) >= 11 is 4.67. The van der Waals surface area contributed by atoms with Crippen LogP contribution in [0.5, 0.6) is 0 Å². The summed E-state index contributed by atoms with van der Waals surface area (Å²) in [4.78, 5) is 15.4. The van der Waals surface area contributed by atoms with Crippen molar-refractivity contribution >= 4 is 33.2 Å². The molecule has 1 aliphatic rings. The molecule has 94 valence electrons. The molecule has 0 saturated carbocycles. The number of aromatic nitrogens is 1. The van der Waals surface area contributed by atoms with E-state index in [1.807, 2.05) is 0 Å². The predicted molar refractivity (Wildman–Crippen MR) is 64.7 cm³/mol. The number of hydrogen-bond donors (Lipinski definition) is 1. The average Bonchev–Trinajstić information content (AvgIpc) is 2.77. The number of aliphatic hydroxyl groups is 1. The van der Waals surface area contributed by atoms with Gasteiger partial charge >= 0.3 is 5.97 Å². The minimum absolute atomic E-state index is 0.0622. The number of ether oxygens (including phenoxy) is 2. The molecule has 1 aromatic heterocycles. The van der Waals surface area contributed by atoms with Crippen molar-refractivity contribution in [3.63, 3.8) is 0 Å². The summed E-state index contributed by atoms with van der Waals surface area (Å²) in [7, 11) is 1.32. The summed E-state index contributed by atoms with van der Waals surface area (Å²) < 4.78 is 10.8. The van der Waals surface area contributed by atoms with Crippen LogP contribution in [-0.4, -0.2) is 35.9 Å². The van der Waals surface area contributed by atoms with Gasteiger partial charge in [-0.05, 0) is 28.8 Å².